The van der Waals surface area contributed by atoms with Gasteiger partial charge in [-0.2, -0.15) is 0 Å². The molecule has 0 aliphatic heterocycles. The average Bonchev–Trinajstić information content (AvgIpc) is 2.93. The van der Waals surface area contributed by atoms with E-state index in [2.05, 4.69) is 34.0 Å². The van der Waals surface area contributed by atoms with E-state index in [1.54, 1.807) is 6.20 Å². The van der Waals surface area contributed by atoms with E-state index in [0.29, 0.717) is 12.6 Å². The number of unbranched alkanes of at least 4 members (excludes halogenated alkanes) is 1. The SMILES string of the molecule is CCC(CC)NC(=O)CNCCCCn1ccnc1. The smallest absolute Gasteiger partial charge is 0.234 e. The zero-order valence-corrected chi connectivity index (χ0v) is 12.1. The van der Waals surface area contributed by atoms with Crippen LogP contribution in [-0.2, 0) is 11.3 Å². The molecule has 1 heterocycles. The van der Waals surface area contributed by atoms with E-state index in [9.17, 15) is 4.79 Å². The van der Waals surface area contributed by atoms with Gasteiger partial charge >= 0.3 is 0 Å². The number of aryl methyl sites for hydroxylation is 1. The largest absolute Gasteiger partial charge is 0.352 e. The molecule has 2 N–H and O–H groups in total. The number of hydrogen-bond acceptors (Lipinski definition) is 3. The maximum atomic E-state index is 11.6. The first-order valence-corrected chi connectivity index (χ1v) is 7.22. The molecule has 0 saturated heterocycles. The minimum Gasteiger partial charge on any atom is -0.352 e. The van der Waals surface area contributed by atoms with E-state index < -0.39 is 0 Å². The third-order valence-corrected chi connectivity index (χ3v) is 3.22. The lowest BCUT2D eigenvalue weighted by Crippen LogP contribution is -2.40. The maximum absolute atomic E-state index is 11.6. The number of hydrogen-bond donors (Lipinski definition) is 2. The molecule has 1 rings (SSSR count). The molecule has 19 heavy (non-hydrogen) atoms. The molecule has 1 aromatic rings. The summed E-state index contributed by atoms with van der Waals surface area (Å²) in [6.45, 7) is 6.48. The molecule has 108 valence electrons. The van der Waals surface area contributed by atoms with Crippen LogP contribution in [0.4, 0.5) is 0 Å². The Kier molecular flexibility index (Phi) is 7.89. The van der Waals surface area contributed by atoms with Gasteiger partial charge in [0.25, 0.3) is 0 Å². The van der Waals surface area contributed by atoms with E-state index in [4.69, 9.17) is 0 Å². The normalized spacial score (nSPS) is 10.9. The number of amides is 1. The number of aromatic nitrogens is 2. The van der Waals surface area contributed by atoms with Crippen LogP contribution in [0.25, 0.3) is 0 Å². The third-order valence-electron chi connectivity index (χ3n) is 3.22. The van der Waals surface area contributed by atoms with Crippen molar-refractivity contribution in [1.29, 1.82) is 0 Å². The second-order valence-corrected chi connectivity index (χ2v) is 4.77. The standard InChI is InChI=1S/C14H26N4O/c1-3-13(4-2)17-14(19)11-15-7-5-6-9-18-10-8-16-12-18/h8,10,12-13,15H,3-7,9,11H2,1-2H3,(H,17,19). The van der Waals surface area contributed by atoms with Gasteiger partial charge in [-0.05, 0) is 32.2 Å². The van der Waals surface area contributed by atoms with Gasteiger partial charge in [0.1, 0.15) is 0 Å². The molecule has 0 aromatic carbocycles. The van der Waals surface area contributed by atoms with Crippen molar-refractivity contribution < 1.29 is 4.79 Å². The van der Waals surface area contributed by atoms with Crippen molar-refractivity contribution in [3.05, 3.63) is 18.7 Å². The summed E-state index contributed by atoms with van der Waals surface area (Å²) < 4.78 is 2.07. The van der Waals surface area contributed by atoms with Crippen molar-refractivity contribution in [2.75, 3.05) is 13.1 Å². The van der Waals surface area contributed by atoms with E-state index in [0.717, 1.165) is 38.8 Å². The summed E-state index contributed by atoms with van der Waals surface area (Å²) in [4.78, 5) is 15.6. The van der Waals surface area contributed by atoms with Gasteiger partial charge in [0.05, 0.1) is 12.9 Å². The minimum atomic E-state index is 0.100. The lowest BCUT2D eigenvalue weighted by Gasteiger charge is -2.14. The van der Waals surface area contributed by atoms with Gasteiger partial charge in [0.15, 0.2) is 0 Å². The highest BCUT2D eigenvalue weighted by Gasteiger charge is 2.06. The summed E-state index contributed by atoms with van der Waals surface area (Å²) in [6.07, 6.45) is 9.74. The lowest BCUT2D eigenvalue weighted by atomic mass is 10.2. The van der Waals surface area contributed by atoms with Crippen molar-refractivity contribution in [2.45, 2.75) is 52.1 Å². The monoisotopic (exact) mass is 266 g/mol. The van der Waals surface area contributed by atoms with Crippen LogP contribution in [0.5, 0.6) is 0 Å². The van der Waals surface area contributed by atoms with Crippen LogP contribution in [0.1, 0.15) is 39.5 Å². The molecule has 0 bridgehead atoms. The van der Waals surface area contributed by atoms with Gasteiger partial charge in [-0.25, -0.2) is 4.98 Å². The number of carbonyl (C=O) groups excluding carboxylic acids is 1. The fraction of sp³-hybridized carbons (Fsp3) is 0.714. The predicted molar refractivity (Wildman–Crippen MR) is 76.8 cm³/mol. The van der Waals surface area contributed by atoms with Gasteiger partial charge in [0.2, 0.25) is 5.91 Å². The minimum absolute atomic E-state index is 0.100. The Morgan fingerprint density at radius 1 is 1.32 bits per heavy atom. The Balaban J connectivity index is 1.96. The first kappa shape index (κ1) is 15.7. The molecular formula is C14H26N4O. The third kappa shape index (κ3) is 6.96. The molecule has 0 saturated carbocycles. The molecule has 0 aliphatic rings. The van der Waals surface area contributed by atoms with E-state index in [1.165, 1.54) is 0 Å². The van der Waals surface area contributed by atoms with Crippen LogP contribution in [0.15, 0.2) is 18.7 Å². The fourth-order valence-electron chi connectivity index (χ4n) is 1.94. The molecule has 0 radical (unpaired) electrons. The highest BCUT2D eigenvalue weighted by Crippen LogP contribution is 1.95. The highest BCUT2D eigenvalue weighted by atomic mass is 16.1. The second-order valence-electron chi connectivity index (χ2n) is 4.77. The van der Waals surface area contributed by atoms with Crippen molar-refractivity contribution >= 4 is 5.91 Å². The Bertz CT molecular complexity index is 333. The van der Waals surface area contributed by atoms with Crippen LogP contribution in [0.2, 0.25) is 0 Å². The van der Waals surface area contributed by atoms with Gasteiger partial charge in [0, 0.05) is 25.0 Å². The summed E-state index contributed by atoms with van der Waals surface area (Å²) in [7, 11) is 0. The van der Waals surface area contributed by atoms with Gasteiger partial charge < -0.3 is 15.2 Å². The molecule has 0 fully saturated rings. The van der Waals surface area contributed by atoms with Crippen LogP contribution < -0.4 is 10.6 Å². The zero-order valence-electron chi connectivity index (χ0n) is 12.1. The quantitative estimate of drug-likeness (QED) is 0.632. The lowest BCUT2D eigenvalue weighted by molar-refractivity contribution is -0.121. The number of rotatable bonds is 10. The van der Waals surface area contributed by atoms with E-state index in [1.807, 2.05) is 12.5 Å². The predicted octanol–water partition coefficient (Wildman–Crippen LogP) is 1.56. The van der Waals surface area contributed by atoms with Crippen molar-refractivity contribution in [1.82, 2.24) is 20.2 Å². The molecule has 5 nitrogen and oxygen atoms in total. The van der Waals surface area contributed by atoms with Gasteiger partial charge in [-0.15, -0.1) is 0 Å². The van der Waals surface area contributed by atoms with Crippen molar-refractivity contribution in [2.24, 2.45) is 0 Å². The second kappa shape index (κ2) is 9.55. The van der Waals surface area contributed by atoms with Crippen molar-refractivity contribution in [3.63, 3.8) is 0 Å². The average molecular weight is 266 g/mol. The molecule has 1 aromatic heterocycles. The highest BCUT2D eigenvalue weighted by molar-refractivity contribution is 5.78. The molecular weight excluding hydrogens is 240 g/mol. The van der Waals surface area contributed by atoms with Gasteiger partial charge in [-0.1, -0.05) is 13.8 Å². The number of imidazole rings is 1. The Hall–Kier alpha value is -1.36. The molecule has 0 aliphatic carbocycles. The Morgan fingerprint density at radius 2 is 2.11 bits per heavy atom. The summed E-state index contributed by atoms with van der Waals surface area (Å²) in [5.41, 5.74) is 0. The first-order chi connectivity index (χ1) is 9.26. The summed E-state index contributed by atoms with van der Waals surface area (Å²) in [5, 5.41) is 6.20. The summed E-state index contributed by atoms with van der Waals surface area (Å²) >= 11 is 0. The van der Waals surface area contributed by atoms with Crippen LogP contribution in [-0.4, -0.2) is 34.6 Å². The van der Waals surface area contributed by atoms with Crippen LogP contribution >= 0.6 is 0 Å². The fourth-order valence-corrected chi connectivity index (χ4v) is 1.94. The van der Waals surface area contributed by atoms with Crippen LogP contribution in [0.3, 0.4) is 0 Å². The summed E-state index contributed by atoms with van der Waals surface area (Å²) in [5.74, 6) is 0.100. The molecule has 0 spiro atoms. The number of carbonyl (C=O) groups is 1. The number of nitrogens with zero attached hydrogens (tertiary/aromatic N) is 2. The van der Waals surface area contributed by atoms with Crippen molar-refractivity contribution in [3.8, 4) is 0 Å². The topological polar surface area (TPSA) is 59.0 Å². The van der Waals surface area contributed by atoms with Gasteiger partial charge in [-0.3, -0.25) is 4.79 Å². The molecule has 5 heteroatoms. The number of nitrogens with one attached hydrogen (secondary N) is 2. The van der Waals surface area contributed by atoms with E-state index in [-0.39, 0.29) is 5.91 Å². The van der Waals surface area contributed by atoms with Crippen LogP contribution in [0, 0.1) is 0 Å². The first-order valence-electron chi connectivity index (χ1n) is 7.22. The molecule has 0 unspecified atom stereocenters. The zero-order chi connectivity index (χ0) is 13.9. The van der Waals surface area contributed by atoms with E-state index >= 15 is 0 Å². The Morgan fingerprint density at radius 3 is 2.74 bits per heavy atom. The molecule has 1 amide bonds. The summed E-state index contributed by atoms with van der Waals surface area (Å²) in [6, 6.07) is 0.315. The Labute approximate surface area is 115 Å². The molecule has 0 atom stereocenters. The maximum Gasteiger partial charge on any atom is 0.234 e.